The van der Waals surface area contributed by atoms with E-state index in [1.807, 2.05) is 13.0 Å². The highest BCUT2D eigenvalue weighted by Crippen LogP contribution is 2.20. The van der Waals surface area contributed by atoms with E-state index in [0.29, 0.717) is 30.7 Å². The van der Waals surface area contributed by atoms with Crippen LogP contribution in [0.4, 0.5) is 4.39 Å². The number of aliphatic imine (C=N–C) groups is 1. The Morgan fingerprint density at radius 3 is 2.79 bits per heavy atom. The summed E-state index contributed by atoms with van der Waals surface area (Å²) in [5, 5.41) is 6.13. The van der Waals surface area contributed by atoms with Gasteiger partial charge in [0.15, 0.2) is 5.96 Å². The van der Waals surface area contributed by atoms with Crippen LogP contribution in [0.2, 0.25) is 0 Å². The lowest BCUT2D eigenvalue weighted by atomic mass is 10.2. The summed E-state index contributed by atoms with van der Waals surface area (Å²) in [6.45, 7) is 3.57. The Bertz CT molecular complexity index is 723. The average molecular weight is 326 g/mol. The first-order chi connectivity index (χ1) is 11.7. The fourth-order valence-corrected chi connectivity index (χ4v) is 1.87. The van der Waals surface area contributed by atoms with E-state index in [4.69, 9.17) is 11.2 Å². The first-order valence-corrected chi connectivity index (χ1v) is 7.55. The summed E-state index contributed by atoms with van der Waals surface area (Å²) in [7, 11) is 0. The molecule has 5 nitrogen and oxygen atoms in total. The molecule has 2 aromatic rings. The zero-order valence-electron chi connectivity index (χ0n) is 13.4. The number of hydrogen-bond acceptors (Lipinski definition) is 3. The molecule has 1 aromatic carbocycles. The highest BCUT2D eigenvalue weighted by atomic mass is 19.1. The maximum atomic E-state index is 12.9. The standard InChI is InChI=1S/C18H19FN4O/c1-3-10-22-18(20-4-2)23-13-14-9-11-21-17(12-14)24-16-7-5-15(19)6-8-16/h1,5-9,11-12H,4,10,13H2,2H3,(H2,20,22,23). The van der Waals surface area contributed by atoms with Gasteiger partial charge >= 0.3 is 0 Å². The molecule has 2 N–H and O–H groups in total. The smallest absolute Gasteiger partial charge is 0.219 e. The molecule has 0 bridgehead atoms. The van der Waals surface area contributed by atoms with Crippen molar-refractivity contribution in [2.24, 2.45) is 4.99 Å². The van der Waals surface area contributed by atoms with Gasteiger partial charge in [-0.15, -0.1) is 6.42 Å². The number of aromatic nitrogens is 1. The van der Waals surface area contributed by atoms with Crippen molar-refractivity contribution in [3.63, 3.8) is 0 Å². The second-order valence-electron chi connectivity index (χ2n) is 4.81. The molecule has 1 heterocycles. The van der Waals surface area contributed by atoms with Crippen molar-refractivity contribution in [2.75, 3.05) is 13.1 Å². The lowest BCUT2D eigenvalue weighted by Crippen LogP contribution is -2.37. The first kappa shape index (κ1) is 17.3. The van der Waals surface area contributed by atoms with Crippen LogP contribution in [0.5, 0.6) is 11.6 Å². The van der Waals surface area contributed by atoms with Crippen molar-refractivity contribution in [1.29, 1.82) is 0 Å². The van der Waals surface area contributed by atoms with Crippen LogP contribution in [0, 0.1) is 18.2 Å². The summed E-state index contributed by atoms with van der Waals surface area (Å²) in [5.41, 5.74) is 0.931. The lowest BCUT2D eigenvalue weighted by Gasteiger charge is -2.09. The predicted octanol–water partition coefficient (Wildman–Crippen LogP) is 2.70. The average Bonchev–Trinajstić information content (AvgIpc) is 2.60. The maximum absolute atomic E-state index is 12.9. The number of hydrogen-bond donors (Lipinski definition) is 2. The Labute approximate surface area is 141 Å². The van der Waals surface area contributed by atoms with Crippen molar-refractivity contribution in [1.82, 2.24) is 15.6 Å². The number of pyridine rings is 1. The van der Waals surface area contributed by atoms with Gasteiger partial charge in [-0.05, 0) is 42.8 Å². The number of rotatable bonds is 6. The summed E-state index contributed by atoms with van der Waals surface area (Å²) < 4.78 is 18.5. The third-order valence-corrected chi connectivity index (χ3v) is 2.96. The van der Waals surface area contributed by atoms with Crippen LogP contribution >= 0.6 is 0 Å². The summed E-state index contributed by atoms with van der Waals surface area (Å²) in [6.07, 6.45) is 6.88. The highest BCUT2D eigenvalue weighted by molar-refractivity contribution is 5.79. The first-order valence-electron chi connectivity index (χ1n) is 7.55. The van der Waals surface area contributed by atoms with Crippen LogP contribution in [0.1, 0.15) is 12.5 Å². The predicted molar refractivity (Wildman–Crippen MR) is 92.4 cm³/mol. The van der Waals surface area contributed by atoms with Crippen molar-refractivity contribution >= 4 is 5.96 Å². The topological polar surface area (TPSA) is 58.5 Å². The number of halogens is 1. The number of ether oxygens (including phenoxy) is 1. The summed E-state index contributed by atoms with van der Waals surface area (Å²) in [4.78, 5) is 8.59. The van der Waals surface area contributed by atoms with Crippen molar-refractivity contribution in [2.45, 2.75) is 13.5 Å². The van der Waals surface area contributed by atoms with E-state index in [2.05, 4.69) is 26.5 Å². The number of guanidine groups is 1. The largest absolute Gasteiger partial charge is 0.439 e. The fourth-order valence-electron chi connectivity index (χ4n) is 1.87. The molecule has 24 heavy (non-hydrogen) atoms. The minimum Gasteiger partial charge on any atom is -0.439 e. The third-order valence-electron chi connectivity index (χ3n) is 2.96. The molecule has 0 aliphatic rings. The monoisotopic (exact) mass is 326 g/mol. The Hall–Kier alpha value is -3.07. The summed E-state index contributed by atoms with van der Waals surface area (Å²) >= 11 is 0. The SMILES string of the molecule is C#CCNC(=NCc1ccnc(Oc2ccc(F)cc2)c1)NCC. The van der Waals surface area contributed by atoms with Gasteiger partial charge < -0.3 is 15.4 Å². The molecule has 124 valence electrons. The van der Waals surface area contributed by atoms with E-state index in [1.165, 1.54) is 12.1 Å². The highest BCUT2D eigenvalue weighted by Gasteiger charge is 2.02. The van der Waals surface area contributed by atoms with Gasteiger partial charge in [0.05, 0.1) is 13.1 Å². The molecule has 0 radical (unpaired) electrons. The zero-order valence-corrected chi connectivity index (χ0v) is 13.4. The van der Waals surface area contributed by atoms with Crippen molar-refractivity contribution in [3.05, 3.63) is 54.0 Å². The molecule has 1 aromatic heterocycles. The molecular formula is C18H19FN4O. The second-order valence-corrected chi connectivity index (χ2v) is 4.81. The minimum atomic E-state index is -0.311. The fraction of sp³-hybridized carbons (Fsp3) is 0.222. The number of nitrogens with zero attached hydrogens (tertiary/aromatic N) is 2. The van der Waals surface area contributed by atoms with E-state index in [-0.39, 0.29) is 5.82 Å². The van der Waals surface area contributed by atoms with Gasteiger partial charge in [0.25, 0.3) is 0 Å². The Kier molecular flexibility index (Phi) is 6.59. The van der Waals surface area contributed by atoms with Crippen LogP contribution in [0.3, 0.4) is 0 Å². The van der Waals surface area contributed by atoms with E-state index < -0.39 is 0 Å². The number of nitrogens with one attached hydrogen (secondary N) is 2. The van der Waals surface area contributed by atoms with Gasteiger partial charge in [-0.25, -0.2) is 14.4 Å². The molecule has 0 fully saturated rings. The van der Waals surface area contributed by atoms with Gasteiger partial charge in [0.1, 0.15) is 11.6 Å². The van der Waals surface area contributed by atoms with Crippen LogP contribution in [0.15, 0.2) is 47.6 Å². The zero-order chi connectivity index (χ0) is 17.2. The summed E-state index contributed by atoms with van der Waals surface area (Å²) in [5.74, 6) is 3.79. The minimum absolute atomic E-state index is 0.311. The van der Waals surface area contributed by atoms with Crippen molar-refractivity contribution in [3.8, 4) is 24.0 Å². The molecule has 0 unspecified atom stereocenters. The Morgan fingerprint density at radius 1 is 1.29 bits per heavy atom. The van der Waals surface area contributed by atoms with E-state index in [1.54, 1.807) is 24.4 Å². The maximum Gasteiger partial charge on any atom is 0.219 e. The molecule has 0 aliphatic heterocycles. The molecule has 0 saturated heterocycles. The van der Waals surface area contributed by atoms with Crippen LogP contribution in [0.25, 0.3) is 0 Å². The van der Waals surface area contributed by atoms with E-state index in [0.717, 1.165) is 12.1 Å². The number of benzene rings is 1. The Balaban J connectivity index is 2.03. The molecule has 0 spiro atoms. The van der Waals surface area contributed by atoms with Crippen molar-refractivity contribution < 1.29 is 9.13 Å². The molecule has 0 atom stereocenters. The molecular weight excluding hydrogens is 307 g/mol. The van der Waals surface area contributed by atoms with Crippen LogP contribution < -0.4 is 15.4 Å². The molecule has 0 aliphatic carbocycles. The lowest BCUT2D eigenvalue weighted by molar-refractivity contribution is 0.460. The normalized spacial score (nSPS) is 10.8. The summed E-state index contributed by atoms with van der Waals surface area (Å²) in [6, 6.07) is 9.42. The van der Waals surface area contributed by atoms with Gasteiger partial charge in [-0.1, -0.05) is 5.92 Å². The van der Waals surface area contributed by atoms with Gasteiger partial charge in [-0.3, -0.25) is 0 Å². The quantitative estimate of drug-likeness (QED) is 0.487. The Morgan fingerprint density at radius 2 is 2.08 bits per heavy atom. The van der Waals surface area contributed by atoms with Crippen LogP contribution in [-0.4, -0.2) is 24.0 Å². The number of terminal acetylenes is 1. The van der Waals surface area contributed by atoms with Gasteiger partial charge in [-0.2, -0.15) is 0 Å². The molecule has 0 saturated carbocycles. The molecule has 0 amide bonds. The molecule has 6 heteroatoms. The third kappa shape index (κ3) is 5.61. The van der Waals surface area contributed by atoms with Gasteiger partial charge in [0, 0.05) is 18.8 Å². The van der Waals surface area contributed by atoms with Gasteiger partial charge in [0.2, 0.25) is 5.88 Å². The van der Waals surface area contributed by atoms with E-state index in [9.17, 15) is 4.39 Å². The van der Waals surface area contributed by atoms with E-state index >= 15 is 0 Å². The second kappa shape index (κ2) is 9.16. The molecule has 2 rings (SSSR count). The van der Waals surface area contributed by atoms with Crippen LogP contribution in [-0.2, 0) is 6.54 Å².